The van der Waals surface area contributed by atoms with Gasteiger partial charge in [0.05, 0.1) is 33.1 Å². The molecule has 2 N–H and O–H groups in total. The van der Waals surface area contributed by atoms with Gasteiger partial charge < -0.3 is 25.1 Å². The number of para-hydroxylation sites is 2. The van der Waals surface area contributed by atoms with Gasteiger partial charge in [0.15, 0.2) is 6.29 Å². The van der Waals surface area contributed by atoms with E-state index in [0.29, 0.717) is 12.7 Å². The van der Waals surface area contributed by atoms with Crippen molar-refractivity contribution in [2.45, 2.75) is 70.6 Å². The van der Waals surface area contributed by atoms with E-state index in [4.69, 9.17) is 6.42 Å². The van der Waals surface area contributed by atoms with E-state index in [2.05, 4.69) is 53.9 Å². The van der Waals surface area contributed by atoms with Crippen molar-refractivity contribution in [2.24, 2.45) is 0 Å². The quantitative estimate of drug-likeness (QED) is 0.0403. The predicted octanol–water partition coefficient (Wildman–Crippen LogP) is 9.71. The Morgan fingerprint density at radius 2 is 1.22 bits per heavy atom. The van der Waals surface area contributed by atoms with Crippen LogP contribution in [0.25, 0.3) is 0 Å². The minimum atomic E-state index is -1.09. The first-order chi connectivity index (χ1) is 25.2. The second kappa shape index (κ2) is 30.3. The first-order valence-corrected chi connectivity index (χ1v) is 17.2. The van der Waals surface area contributed by atoms with Crippen LogP contribution in [0.3, 0.4) is 0 Å². The van der Waals surface area contributed by atoms with Gasteiger partial charge in [0.2, 0.25) is 0 Å². The smallest absolute Gasteiger partial charge is 0.386 e. The molecule has 4 aromatic rings. The van der Waals surface area contributed by atoms with E-state index in [1.807, 2.05) is 43.3 Å². The molecule has 1 aliphatic rings. The Hall–Kier alpha value is -5.03. The number of hydrogen-bond acceptors (Lipinski definition) is 8. The molecule has 288 valence electrons. The van der Waals surface area contributed by atoms with Crippen molar-refractivity contribution in [2.75, 3.05) is 13.1 Å². The Kier molecular flexibility index (Phi) is 28.7. The zero-order valence-electron chi connectivity index (χ0n) is 32.4. The Balaban J connectivity index is 0. The normalized spacial score (nSPS) is 12.6. The van der Waals surface area contributed by atoms with E-state index in [1.165, 1.54) is 48.7 Å². The van der Waals surface area contributed by atoms with Crippen molar-refractivity contribution in [3.05, 3.63) is 167 Å². The average molecular weight is 801 g/mol. The van der Waals surface area contributed by atoms with Crippen molar-refractivity contribution >= 4 is 17.7 Å². The van der Waals surface area contributed by atoms with Crippen molar-refractivity contribution in [1.29, 1.82) is 0 Å². The van der Waals surface area contributed by atoms with Gasteiger partial charge >= 0.3 is 19.5 Å². The third kappa shape index (κ3) is 18.2. The largest absolute Gasteiger partial charge is 2.00 e. The second-order valence-corrected chi connectivity index (χ2v) is 11.6. The predicted molar refractivity (Wildman–Crippen MR) is 217 cm³/mol. The third-order valence-electron chi connectivity index (χ3n) is 7.81. The molecule has 4 aromatic carbocycles. The van der Waals surface area contributed by atoms with Crippen LogP contribution >= 0.6 is 0 Å². The van der Waals surface area contributed by atoms with Crippen molar-refractivity contribution in [1.82, 2.24) is 4.90 Å². The number of likely N-dealkylation sites (tertiary alicyclic amines) is 1. The summed E-state index contributed by atoms with van der Waals surface area (Å²) in [4.78, 5) is 32.5. The summed E-state index contributed by atoms with van der Waals surface area (Å²) in [5, 5.41) is 41.5. The van der Waals surface area contributed by atoms with E-state index in [-0.39, 0.29) is 62.9 Å². The van der Waals surface area contributed by atoms with E-state index in [0.717, 1.165) is 37.9 Å². The number of benzene rings is 4. The van der Waals surface area contributed by atoms with Crippen LogP contribution in [0.2, 0.25) is 0 Å². The number of aliphatic hydroxyl groups is 2. The van der Waals surface area contributed by atoms with E-state index < -0.39 is 22.1 Å². The summed E-state index contributed by atoms with van der Waals surface area (Å²) in [7, 11) is 0. The monoisotopic (exact) mass is 799 g/mol. The van der Waals surface area contributed by atoms with E-state index >= 15 is 0 Å². The van der Waals surface area contributed by atoms with Crippen LogP contribution in [0.4, 0.5) is 11.4 Å². The van der Waals surface area contributed by atoms with Gasteiger partial charge in [-0.25, -0.2) is 0 Å². The van der Waals surface area contributed by atoms with Gasteiger partial charge in [0, 0.05) is 25.0 Å². The summed E-state index contributed by atoms with van der Waals surface area (Å²) in [5.41, 5.74) is 2.30. The number of nitro benzene ring substituents is 2. The number of carbonyl (C=O) groups excluding carboxylic acids is 1. The number of terminal acetylenes is 1. The zero-order chi connectivity index (χ0) is 38.1. The Morgan fingerprint density at radius 3 is 1.67 bits per heavy atom. The first kappa shape index (κ1) is 52.1. The SMILES string of the molecule is C#CCCC.CCCC#CC(O)c1ccccc1[N+](=O)[O-].O=Cc1ccccc1[N+](=O)[O-].OC(c1ccccc1)C(c1ccccc1)N1CCCC1.[CH3-].[CH3-].[Zn+2]. The van der Waals surface area contributed by atoms with Gasteiger partial charge in [0.1, 0.15) is 6.10 Å². The van der Waals surface area contributed by atoms with Gasteiger partial charge in [-0.15, -0.1) is 18.3 Å². The molecule has 0 radical (unpaired) electrons. The number of carbonyl (C=O) groups is 1. The summed E-state index contributed by atoms with van der Waals surface area (Å²) < 4.78 is 0. The van der Waals surface area contributed by atoms with Crippen LogP contribution < -0.4 is 0 Å². The molecule has 1 fully saturated rings. The average Bonchev–Trinajstić information content (AvgIpc) is 3.71. The van der Waals surface area contributed by atoms with Gasteiger partial charge in [-0.05, 0) is 62.0 Å². The van der Waals surface area contributed by atoms with Crippen LogP contribution in [0.1, 0.15) is 97.7 Å². The van der Waals surface area contributed by atoms with Gasteiger partial charge in [-0.2, -0.15) is 0 Å². The summed E-state index contributed by atoms with van der Waals surface area (Å²) in [5.74, 6) is 7.89. The zero-order valence-corrected chi connectivity index (χ0v) is 35.4. The molecule has 0 saturated carbocycles. The van der Waals surface area contributed by atoms with Crippen molar-refractivity contribution in [3.63, 3.8) is 0 Å². The number of rotatable bonds is 10. The molecule has 0 aliphatic carbocycles. The van der Waals surface area contributed by atoms with E-state index in [9.17, 15) is 35.2 Å². The first-order valence-electron chi connectivity index (χ1n) is 17.2. The molecule has 5 rings (SSSR count). The second-order valence-electron chi connectivity index (χ2n) is 11.6. The third-order valence-corrected chi connectivity index (χ3v) is 7.81. The standard InChI is InChI=1S/C18H21NO.C12H13NO3.C7H5NO3.C5H8.2CH3.Zn/c20-18(16-11-5-2-6-12-16)17(19-13-7-8-14-19)15-9-3-1-4-10-15;1-2-3-4-9-12(14)10-7-5-6-8-11(10)13(15)16;9-5-6-3-1-2-4-7(6)8(10)11;1-3-5-4-2;;;/h1-6,9-12,17-18,20H,7-8,13-14H2;5-8,12,14H,2-3H2,1H3;1-5H;1H,4-5H2,2H3;2*1H3;/q;;;;2*-1;+2. The Morgan fingerprint density at radius 1 is 0.745 bits per heavy atom. The van der Waals surface area contributed by atoms with Crippen LogP contribution in [-0.2, 0) is 19.5 Å². The van der Waals surface area contributed by atoms with E-state index in [1.54, 1.807) is 18.2 Å². The minimum absolute atomic E-state index is 0. The number of nitrogens with zero attached hydrogens (tertiary/aromatic N) is 3. The fourth-order valence-corrected chi connectivity index (χ4v) is 5.25. The van der Waals surface area contributed by atoms with Crippen molar-refractivity contribution in [3.8, 4) is 24.2 Å². The maximum atomic E-state index is 10.9. The molecule has 1 aliphatic heterocycles. The van der Waals surface area contributed by atoms with Gasteiger partial charge in [-0.3, -0.25) is 29.9 Å². The minimum Gasteiger partial charge on any atom is -0.386 e. The molecule has 0 spiro atoms. The molecule has 3 unspecified atom stereocenters. The summed E-state index contributed by atoms with van der Waals surface area (Å²) in [6.07, 6.45) is 9.85. The number of hydrogen-bond donors (Lipinski definition) is 2. The molecule has 10 nitrogen and oxygen atoms in total. The Labute approximate surface area is 340 Å². The number of unbranched alkanes of at least 4 members (excludes halogenated alkanes) is 2. The summed E-state index contributed by atoms with van der Waals surface area (Å²) in [6.45, 7) is 6.19. The van der Waals surface area contributed by atoms with Crippen LogP contribution in [0.15, 0.2) is 109 Å². The number of nitro groups is 2. The summed E-state index contributed by atoms with van der Waals surface area (Å²) in [6, 6.07) is 32.3. The molecular weight excluding hydrogens is 748 g/mol. The molecular formula is C44H53N3O7Zn. The van der Waals surface area contributed by atoms with Crippen LogP contribution in [0.5, 0.6) is 0 Å². The molecule has 1 heterocycles. The number of aliphatic hydroxyl groups excluding tert-OH is 2. The van der Waals surface area contributed by atoms with Crippen LogP contribution in [-0.4, -0.2) is 44.3 Å². The van der Waals surface area contributed by atoms with Crippen molar-refractivity contribution < 1.29 is 44.3 Å². The molecule has 0 amide bonds. The molecule has 3 atom stereocenters. The maximum Gasteiger partial charge on any atom is 2.00 e. The molecule has 1 saturated heterocycles. The fourth-order valence-electron chi connectivity index (χ4n) is 5.25. The topological polar surface area (TPSA) is 147 Å². The van der Waals surface area contributed by atoms with Gasteiger partial charge in [0.25, 0.3) is 11.4 Å². The molecule has 0 bridgehead atoms. The summed E-state index contributed by atoms with van der Waals surface area (Å²) >= 11 is 0. The maximum absolute atomic E-state index is 10.9. The van der Waals surface area contributed by atoms with Gasteiger partial charge in [-0.1, -0.05) is 105 Å². The molecule has 0 aromatic heterocycles. The van der Waals surface area contributed by atoms with Crippen LogP contribution in [0, 0.1) is 59.3 Å². The number of aldehydes is 1. The molecule has 11 heteroatoms. The Bertz CT molecular complexity index is 1770. The fraction of sp³-hybridized carbons (Fsp3) is 0.295. The molecule has 55 heavy (non-hydrogen) atoms.